The molecular formula is C19H23NO. The van der Waals surface area contributed by atoms with Gasteiger partial charge in [0.05, 0.1) is 17.1 Å². The van der Waals surface area contributed by atoms with Crippen LogP contribution in [0.5, 0.6) is 0 Å². The third-order valence-electron chi connectivity index (χ3n) is 3.87. The molecule has 0 unspecified atom stereocenters. The van der Waals surface area contributed by atoms with Crippen LogP contribution in [0.4, 0.5) is 0 Å². The van der Waals surface area contributed by atoms with Gasteiger partial charge in [0.1, 0.15) is 6.23 Å². The molecule has 1 atom stereocenters. The Labute approximate surface area is 126 Å². The van der Waals surface area contributed by atoms with Crippen LogP contribution >= 0.6 is 0 Å². The number of ether oxygens (including phenoxy) is 1. The van der Waals surface area contributed by atoms with E-state index < -0.39 is 0 Å². The summed E-state index contributed by atoms with van der Waals surface area (Å²) in [4.78, 5) is 0. The zero-order chi connectivity index (χ0) is 14.8. The summed E-state index contributed by atoms with van der Waals surface area (Å²) in [5.41, 5.74) is 2.52. The molecule has 0 bridgehead atoms. The summed E-state index contributed by atoms with van der Waals surface area (Å²) in [6.45, 7) is 6.43. The Morgan fingerprint density at radius 3 is 1.90 bits per heavy atom. The highest BCUT2D eigenvalue weighted by Crippen LogP contribution is 2.33. The molecule has 3 aromatic rings. The van der Waals surface area contributed by atoms with Crippen molar-refractivity contribution < 1.29 is 4.74 Å². The van der Waals surface area contributed by atoms with Crippen molar-refractivity contribution in [1.82, 2.24) is 4.57 Å². The maximum absolute atomic E-state index is 6.21. The van der Waals surface area contributed by atoms with Crippen LogP contribution in [0.2, 0.25) is 0 Å². The van der Waals surface area contributed by atoms with E-state index in [9.17, 15) is 0 Å². The summed E-state index contributed by atoms with van der Waals surface area (Å²) in [6, 6.07) is 17.2. The number of nitrogens with zero attached hydrogens (tertiary/aromatic N) is 1. The Balaban J connectivity index is 2.26. The van der Waals surface area contributed by atoms with Gasteiger partial charge >= 0.3 is 0 Å². The first-order valence-corrected chi connectivity index (χ1v) is 7.85. The summed E-state index contributed by atoms with van der Waals surface area (Å²) >= 11 is 0. The summed E-state index contributed by atoms with van der Waals surface area (Å²) in [7, 11) is 0. The summed E-state index contributed by atoms with van der Waals surface area (Å²) in [5.74, 6) is 0. The second-order valence-corrected chi connectivity index (χ2v) is 5.83. The second-order valence-electron chi connectivity index (χ2n) is 5.83. The molecule has 0 aliphatic rings. The largest absolute Gasteiger partial charge is 0.355 e. The van der Waals surface area contributed by atoms with Crippen molar-refractivity contribution in [2.75, 3.05) is 0 Å². The molecule has 0 saturated carbocycles. The fourth-order valence-corrected chi connectivity index (χ4v) is 3.08. The minimum absolute atomic E-state index is 0.0970. The van der Waals surface area contributed by atoms with Crippen molar-refractivity contribution in [1.29, 1.82) is 0 Å². The van der Waals surface area contributed by atoms with Crippen LogP contribution in [0.15, 0.2) is 48.5 Å². The number of hydrogen-bond donors (Lipinski definition) is 0. The van der Waals surface area contributed by atoms with Crippen LogP contribution < -0.4 is 0 Å². The van der Waals surface area contributed by atoms with Crippen LogP contribution in [0.3, 0.4) is 0 Å². The van der Waals surface area contributed by atoms with Gasteiger partial charge in [0.15, 0.2) is 0 Å². The smallest absolute Gasteiger partial charge is 0.134 e. The van der Waals surface area contributed by atoms with Gasteiger partial charge in [0, 0.05) is 10.8 Å². The van der Waals surface area contributed by atoms with E-state index in [2.05, 4.69) is 73.9 Å². The molecule has 0 aliphatic heterocycles. The Morgan fingerprint density at radius 2 is 1.43 bits per heavy atom. The van der Waals surface area contributed by atoms with Gasteiger partial charge in [-0.15, -0.1) is 0 Å². The lowest BCUT2D eigenvalue weighted by molar-refractivity contribution is -0.0373. The van der Waals surface area contributed by atoms with E-state index in [1.165, 1.54) is 21.8 Å². The van der Waals surface area contributed by atoms with Gasteiger partial charge in [-0.25, -0.2) is 0 Å². The van der Waals surface area contributed by atoms with Gasteiger partial charge in [-0.2, -0.15) is 0 Å². The number of hydrogen-bond acceptors (Lipinski definition) is 1. The Hall–Kier alpha value is -1.80. The molecule has 0 saturated heterocycles. The molecule has 110 valence electrons. The number of benzene rings is 2. The minimum Gasteiger partial charge on any atom is -0.355 e. The first-order valence-electron chi connectivity index (χ1n) is 7.85. The molecule has 21 heavy (non-hydrogen) atoms. The van der Waals surface area contributed by atoms with Gasteiger partial charge in [0.2, 0.25) is 0 Å². The Bertz CT molecular complexity index is 688. The monoisotopic (exact) mass is 281 g/mol. The van der Waals surface area contributed by atoms with Crippen LogP contribution in [-0.2, 0) is 4.74 Å². The molecule has 3 rings (SSSR count). The molecule has 2 nitrogen and oxygen atoms in total. The van der Waals surface area contributed by atoms with E-state index in [0.717, 1.165) is 12.8 Å². The highest BCUT2D eigenvalue weighted by atomic mass is 16.5. The summed E-state index contributed by atoms with van der Waals surface area (Å²) in [6.07, 6.45) is 2.46. The van der Waals surface area contributed by atoms with E-state index in [-0.39, 0.29) is 12.3 Å². The fourth-order valence-electron chi connectivity index (χ4n) is 3.08. The number of fused-ring (bicyclic) bond motifs is 3. The van der Waals surface area contributed by atoms with Gasteiger partial charge in [-0.05, 0) is 32.4 Å². The van der Waals surface area contributed by atoms with Crippen molar-refractivity contribution >= 4 is 21.8 Å². The maximum atomic E-state index is 6.21. The molecule has 0 aliphatic carbocycles. The predicted octanol–water partition coefficient (Wildman–Crippen LogP) is 5.52. The number of rotatable bonds is 5. The zero-order valence-electron chi connectivity index (χ0n) is 13.0. The van der Waals surface area contributed by atoms with E-state index in [1.807, 2.05) is 0 Å². The fraction of sp³-hybridized carbons (Fsp3) is 0.368. The first kappa shape index (κ1) is 14.2. The first-order chi connectivity index (χ1) is 10.2. The lowest BCUT2D eigenvalue weighted by Crippen LogP contribution is -2.17. The molecule has 2 aromatic carbocycles. The van der Waals surface area contributed by atoms with Gasteiger partial charge < -0.3 is 9.30 Å². The second kappa shape index (κ2) is 5.90. The van der Waals surface area contributed by atoms with Crippen LogP contribution in [-0.4, -0.2) is 10.7 Å². The van der Waals surface area contributed by atoms with E-state index in [0.29, 0.717) is 0 Å². The zero-order valence-corrected chi connectivity index (χ0v) is 13.0. The molecule has 0 amide bonds. The topological polar surface area (TPSA) is 14.2 Å². The molecule has 0 radical (unpaired) electrons. The van der Waals surface area contributed by atoms with Gasteiger partial charge in [-0.1, -0.05) is 49.7 Å². The average Bonchev–Trinajstić information content (AvgIpc) is 2.81. The van der Waals surface area contributed by atoms with Gasteiger partial charge in [0.25, 0.3) is 0 Å². The van der Waals surface area contributed by atoms with Crippen LogP contribution in [0.25, 0.3) is 21.8 Å². The Morgan fingerprint density at radius 1 is 0.905 bits per heavy atom. The van der Waals surface area contributed by atoms with Crippen molar-refractivity contribution in [2.45, 2.75) is 45.9 Å². The molecule has 0 fully saturated rings. The van der Waals surface area contributed by atoms with Crippen molar-refractivity contribution in [3.05, 3.63) is 48.5 Å². The maximum Gasteiger partial charge on any atom is 0.134 e. The lowest BCUT2D eigenvalue weighted by atomic mass is 10.2. The molecular weight excluding hydrogens is 258 g/mol. The SMILES string of the molecule is CCC[C@H](OC(C)C)n1c2ccccc2c2ccccc21. The number of para-hydroxylation sites is 2. The van der Waals surface area contributed by atoms with Crippen LogP contribution in [0, 0.1) is 0 Å². The average molecular weight is 281 g/mol. The normalized spacial score (nSPS) is 13.3. The highest BCUT2D eigenvalue weighted by Gasteiger charge is 2.18. The van der Waals surface area contributed by atoms with Crippen molar-refractivity contribution in [2.24, 2.45) is 0 Å². The summed E-state index contributed by atoms with van der Waals surface area (Å²) < 4.78 is 8.58. The summed E-state index contributed by atoms with van der Waals surface area (Å²) in [5, 5.41) is 2.61. The standard InChI is InChI=1S/C19H23NO/c1-4-9-19(21-14(2)3)20-17-12-7-5-10-15(17)16-11-6-8-13-18(16)20/h5-8,10-14,19H,4,9H2,1-3H3/t19-/m0/s1. The van der Waals surface area contributed by atoms with E-state index >= 15 is 0 Å². The van der Waals surface area contributed by atoms with Crippen LogP contribution in [0.1, 0.15) is 39.8 Å². The van der Waals surface area contributed by atoms with Gasteiger partial charge in [-0.3, -0.25) is 0 Å². The highest BCUT2D eigenvalue weighted by molar-refractivity contribution is 6.08. The predicted molar refractivity (Wildman–Crippen MR) is 89.6 cm³/mol. The third kappa shape index (κ3) is 2.56. The van der Waals surface area contributed by atoms with Crippen molar-refractivity contribution in [3.8, 4) is 0 Å². The molecule has 1 heterocycles. The van der Waals surface area contributed by atoms with E-state index in [1.54, 1.807) is 0 Å². The minimum atomic E-state index is 0.0970. The third-order valence-corrected chi connectivity index (χ3v) is 3.87. The quantitative estimate of drug-likeness (QED) is 0.600. The molecule has 0 spiro atoms. The van der Waals surface area contributed by atoms with E-state index in [4.69, 9.17) is 4.74 Å². The number of aromatic nitrogens is 1. The van der Waals surface area contributed by atoms with Crippen molar-refractivity contribution in [3.63, 3.8) is 0 Å². The molecule has 1 aromatic heterocycles. The molecule has 2 heteroatoms. The lowest BCUT2D eigenvalue weighted by Gasteiger charge is -2.23. The molecule has 0 N–H and O–H groups in total. The Kier molecular flexibility index (Phi) is 3.98.